The maximum Gasteiger partial charge on any atom is 0.293 e. The molecule has 0 bridgehead atoms. The largest absolute Gasteiger partial charge is 0.351 e. The van der Waals surface area contributed by atoms with E-state index in [4.69, 9.17) is 5.26 Å². The summed E-state index contributed by atoms with van der Waals surface area (Å²) in [6, 6.07) is 2.08. The average Bonchev–Trinajstić information content (AvgIpc) is 2.31. The number of hydrogen-bond acceptors (Lipinski definition) is 4. The summed E-state index contributed by atoms with van der Waals surface area (Å²) in [6.07, 6.45) is 3.71. The van der Waals surface area contributed by atoms with Gasteiger partial charge in [-0.05, 0) is 12.8 Å². The van der Waals surface area contributed by atoms with Crippen molar-refractivity contribution >= 4 is 5.82 Å². The Morgan fingerprint density at radius 3 is 2.72 bits per heavy atom. The Labute approximate surface area is 108 Å². The molecule has 5 heteroatoms. The molecule has 98 valence electrons. The Kier molecular flexibility index (Phi) is 4.90. The molecule has 0 amide bonds. The third kappa shape index (κ3) is 3.33. The molecule has 0 aliphatic carbocycles. The summed E-state index contributed by atoms with van der Waals surface area (Å²) in [5.74, 6) is 0.806. The van der Waals surface area contributed by atoms with Crippen molar-refractivity contribution in [3.8, 4) is 6.07 Å². The molecule has 1 heterocycles. The van der Waals surface area contributed by atoms with Crippen molar-refractivity contribution in [3.05, 3.63) is 22.7 Å². The van der Waals surface area contributed by atoms with Gasteiger partial charge in [0.15, 0.2) is 5.82 Å². The van der Waals surface area contributed by atoms with Crippen LogP contribution in [0.15, 0.2) is 17.2 Å². The predicted molar refractivity (Wildman–Crippen MR) is 71.4 cm³/mol. The van der Waals surface area contributed by atoms with Crippen molar-refractivity contribution in [1.82, 2.24) is 9.55 Å². The third-order valence-electron chi connectivity index (χ3n) is 2.84. The van der Waals surface area contributed by atoms with E-state index in [1.807, 2.05) is 6.92 Å². The van der Waals surface area contributed by atoms with E-state index < -0.39 is 0 Å². The topological polar surface area (TPSA) is 61.9 Å². The van der Waals surface area contributed by atoms with Crippen LogP contribution in [0.1, 0.15) is 27.2 Å². The van der Waals surface area contributed by atoms with Gasteiger partial charge in [-0.25, -0.2) is 4.98 Å². The second kappa shape index (κ2) is 6.20. The van der Waals surface area contributed by atoms with Crippen molar-refractivity contribution in [2.45, 2.75) is 39.8 Å². The Balaban J connectivity index is 3.04. The van der Waals surface area contributed by atoms with Crippen LogP contribution in [0.5, 0.6) is 0 Å². The Bertz CT molecular complexity index is 486. The van der Waals surface area contributed by atoms with Gasteiger partial charge in [-0.15, -0.1) is 0 Å². The minimum atomic E-state index is -0.0986. The smallest absolute Gasteiger partial charge is 0.293 e. The standard InChI is InChI=1S/C13H20N4O/c1-10(2)9-17-8-7-15-12(13(17)18)16(4)11(3)5-6-14/h7-8,10-11H,5,9H2,1-4H3. The lowest BCUT2D eigenvalue weighted by Gasteiger charge is -2.23. The number of hydrogen-bond donors (Lipinski definition) is 0. The summed E-state index contributed by atoms with van der Waals surface area (Å²) in [5, 5.41) is 8.69. The highest BCUT2D eigenvalue weighted by molar-refractivity contribution is 5.35. The van der Waals surface area contributed by atoms with Crippen LogP contribution in [-0.4, -0.2) is 22.6 Å². The van der Waals surface area contributed by atoms with E-state index >= 15 is 0 Å². The van der Waals surface area contributed by atoms with E-state index in [0.717, 1.165) is 0 Å². The fourth-order valence-corrected chi connectivity index (χ4v) is 1.69. The van der Waals surface area contributed by atoms with Crippen LogP contribution in [0.3, 0.4) is 0 Å². The van der Waals surface area contributed by atoms with Crippen molar-refractivity contribution in [3.63, 3.8) is 0 Å². The van der Waals surface area contributed by atoms with Crippen molar-refractivity contribution < 1.29 is 0 Å². The maximum absolute atomic E-state index is 12.2. The molecule has 0 saturated heterocycles. The van der Waals surface area contributed by atoms with Gasteiger partial charge in [0.25, 0.3) is 5.56 Å². The Morgan fingerprint density at radius 2 is 2.17 bits per heavy atom. The van der Waals surface area contributed by atoms with Gasteiger partial charge in [-0.3, -0.25) is 4.79 Å². The van der Waals surface area contributed by atoms with Crippen LogP contribution < -0.4 is 10.5 Å². The van der Waals surface area contributed by atoms with E-state index in [0.29, 0.717) is 24.7 Å². The lowest BCUT2D eigenvalue weighted by molar-refractivity contribution is 0.507. The predicted octanol–water partition coefficient (Wildman–Crippen LogP) is 1.64. The molecule has 0 aromatic carbocycles. The number of rotatable bonds is 5. The molecular formula is C13H20N4O. The zero-order valence-electron chi connectivity index (χ0n) is 11.4. The number of nitrogens with zero attached hydrogens (tertiary/aromatic N) is 4. The summed E-state index contributed by atoms with van der Waals surface area (Å²) in [7, 11) is 1.80. The summed E-state index contributed by atoms with van der Waals surface area (Å²) < 4.78 is 1.67. The monoisotopic (exact) mass is 248 g/mol. The van der Waals surface area contributed by atoms with E-state index in [-0.39, 0.29) is 11.6 Å². The molecule has 5 nitrogen and oxygen atoms in total. The third-order valence-corrected chi connectivity index (χ3v) is 2.84. The molecule has 0 radical (unpaired) electrons. The summed E-state index contributed by atoms with van der Waals surface area (Å²) in [5.41, 5.74) is -0.0986. The first-order valence-electron chi connectivity index (χ1n) is 6.12. The number of anilines is 1. The number of aromatic nitrogens is 2. The summed E-state index contributed by atoms with van der Waals surface area (Å²) in [6.45, 7) is 6.71. The molecule has 1 atom stereocenters. The zero-order chi connectivity index (χ0) is 13.7. The van der Waals surface area contributed by atoms with Crippen LogP contribution in [0.25, 0.3) is 0 Å². The van der Waals surface area contributed by atoms with Crippen LogP contribution in [0.2, 0.25) is 0 Å². The first-order valence-corrected chi connectivity index (χ1v) is 6.12. The van der Waals surface area contributed by atoms with Crippen molar-refractivity contribution in [1.29, 1.82) is 5.26 Å². The second-order valence-electron chi connectivity index (χ2n) is 4.92. The Hall–Kier alpha value is -1.83. The highest BCUT2D eigenvalue weighted by Gasteiger charge is 2.15. The van der Waals surface area contributed by atoms with Crippen molar-refractivity contribution in [2.24, 2.45) is 5.92 Å². The van der Waals surface area contributed by atoms with Gasteiger partial charge in [0, 0.05) is 32.0 Å². The molecular weight excluding hydrogens is 228 g/mol. The molecule has 1 aromatic heterocycles. The lowest BCUT2D eigenvalue weighted by atomic mass is 10.2. The van der Waals surface area contributed by atoms with Gasteiger partial charge >= 0.3 is 0 Å². The SMILES string of the molecule is CC(C)Cn1ccnc(N(C)C(C)CC#N)c1=O. The maximum atomic E-state index is 12.2. The van der Waals surface area contributed by atoms with Crippen LogP contribution in [0.4, 0.5) is 5.82 Å². The molecule has 0 aliphatic heterocycles. The quantitative estimate of drug-likeness (QED) is 0.794. The molecule has 0 fully saturated rings. The van der Waals surface area contributed by atoms with Gasteiger partial charge in [0.1, 0.15) is 0 Å². The molecule has 1 rings (SSSR count). The molecule has 0 aliphatic rings. The molecule has 18 heavy (non-hydrogen) atoms. The first-order chi connectivity index (χ1) is 8.47. The highest BCUT2D eigenvalue weighted by atomic mass is 16.1. The zero-order valence-corrected chi connectivity index (χ0v) is 11.4. The van der Waals surface area contributed by atoms with E-state index in [9.17, 15) is 4.79 Å². The van der Waals surface area contributed by atoms with Gasteiger partial charge in [-0.1, -0.05) is 13.8 Å². The average molecular weight is 248 g/mol. The minimum Gasteiger partial charge on any atom is -0.351 e. The highest BCUT2D eigenvalue weighted by Crippen LogP contribution is 2.08. The van der Waals surface area contributed by atoms with E-state index in [1.54, 1.807) is 28.9 Å². The van der Waals surface area contributed by atoms with Gasteiger partial charge in [0.2, 0.25) is 0 Å². The molecule has 0 N–H and O–H groups in total. The Morgan fingerprint density at radius 1 is 1.50 bits per heavy atom. The minimum absolute atomic E-state index is 0.0231. The fraction of sp³-hybridized carbons (Fsp3) is 0.615. The summed E-state index contributed by atoms with van der Waals surface area (Å²) >= 11 is 0. The van der Waals surface area contributed by atoms with Crippen LogP contribution in [0, 0.1) is 17.2 Å². The molecule has 1 aromatic rings. The van der Waals surface area contributed by atoms with Crippen LogP contribution >= 0.6 is 0 Å². The first kappa shape index (κ1) is 14.2. The van der Waals surface area contributed by atoms with Gasteiger partial charge in [0.05, 0.1) is 12.5 Å². The van der Waals surface area contributed by atoms with Gasteiger partial charge in [-0.2, -0.15) is 5.26 Å². The molecule has 1 unspecified atom stereocenters. The lowest BCUT2D eigenvalue weighted by Crippen LogP contribution is -2.36. The summed E-state index contributed by atoms with van der Waals surface area (Å²) in [4.78, 5) is 18.1. The number of nitriles is 1. The van der Waals surface area contributed by atoms with E-state index in [1.165, 1.54) is 0 Å². The van der Waals surface area contributed by atoms with Gasteiger partial charge < -0.3 is 9.47 Å². The fourth-order valence-electron chi connectivity index (χ4n) is 1.69. The second-order valence-corrected chi connectivity index (χ2v) is 4.92. The normalized spacial score (nSPS) is 12.2. The van der Waals surface area contributed by atoms with E-state index in [2.05, 4.69) is 24.9 Å². The molecule has 0 spiro atoms. The van der Waals surface area contributed by atoms with Crippen LogP contribution in [-0.2, 0) is 6.54 Å². The molecule has 0 saturated carbocycles. The van der Waals surface area contributed by atoms with Crippen molar-refractivity contribution in [2.75, 3.05) is 11.9 Å².